The van der Waals surface area contributed by atoms with E-state index in [-0.39, 0.29) is 5.78 Å². The Labute approximate surface area is 111 Å². The minimum atomic E-state index is -0.185. The summed E-state index contributed by atoms with van der Waals surface area (Å²) < 4.78 is 7.05. The number of hydrogen-bond acceptors (Lipinski definition) is 3. The molecule has 0 amide bonds. The number of nitrogens with zero attached hydrogens (tertiary/aromatic N) is 2. The van der Waals surface area contributed by atoms with E-state index in [1.165, 1.54) is 6.08 Å². The van der Waals surface area contributed by atoms with Crippen LogP contribution in [0.15, 0.2) is 28.7 Å². The highest BCUT2D eigenvalue weighted by Crippen LogP contribution is 2.16. The van der Waals surface area contributed by atoms with E-state index in [9.17, 15) is 4.79 Å². The lowest BCUT2D eigenvalue weighted by atomic mass is 10.2. The van der Waals surface area contributed by atoms with Gasteiger partial charge in [0, 0.05) is 12.7 Å². The second-order valence-corrected chi connectivity index (χ2v) is 4.35. The van der Waals surface area contributed by atoms with Gasteiger partial charge in [0.2, 0.25) is 5.78 Å². The van der Waals surface area contributed by atoms with Gasteiger partial charge in [-0.05, 0) is 49.8 Å². The number of carbonyl (C=O) groups is 1. The molecule has 0 unspecified atom stereocenters. The molecule has 0 atom stereocenters. The van der Waals surface area contributed by atoms with Crippen molar-refractivity contribution in [3.8, 4) is 6.07 Å². The molecule has 2 aromatic rings. The summed E-state index contributed by atoms with van der Waals surface area (Å²) in [6.07, 6.45) is 3.16. The van der Waals surface area contributed by atoms with E-state index in [1.54, 1.807) is 35.8 Å². The van der Waals surface area contributed by atoms with Gasteiger partial charge in [-0.3, -0.25) is 4.79 Å². The summed E-state index contributed by atoms with van der Waals surface area (Å²) in [5.74, 6) is 0.845. The standard InChI is InChI=1S/C15H14N2O2/c1-10-4-7-15(19-10)14(18)6-5-12-8-13(9-16)17(3)11(12)2/h4-8H,1-3H3/b6-5+. The Hall–Kier alpha value is -2.54. The number of aromatic nitrogens is 1. The molecule has 0 spiro atoms. The van der Waals surface area contributed by atoms with Crippen LogP contribution in [0.5, 0.6) is 0 Å². The number of ketones is 1. The van der Waals surface area contributed by atoms with Crippen LogP contribution in [0.2, 0.25) is 0 Å². The molecule has 0 aliphatic heterocycles. The van der Waals surface area contributed by atoms with Crippen LogP contribution in [0.1, 0.15) is 33.3 Å². The maximum absolute atomic E-state index is 11.9. The molecule has 0 aliphatic rings. The number of allylic oxidation sites excluding steroid dienone is 1. The zero-order valence-electron chi connectivity index (χ0n) is 11.1. The summed E-state index contributed by atoms with van der Waals surface area (Å²) in [4.78, 5) is 11.9. The van der Waals surface area contributed by atoms with Crippen molar-refractivity contribution >= 4 is 11.9 Å². The lowest BCUT2D eigenvalue weighted by molar-refractivity contribution is 0.102. The summed E-state index contributed by atoms with van der Waals surface area (Å²) in [6, 6.07) is 7.27. The maximum atomic E-state index is 11.9. The van der Waals surface area contributed by atoms with Crippen LogP contribution in [0.4, 0.5) is 0 Å². The van der Waals surface area contributed by atoms with Crippen molar-refractivity contribution in [2.45, 2.75) is 13.8 Å². The number of hydrogen-bond donors (Lipinski definition) is 0. The fourth-order valence-electron chi connectivity index (χ4n) is 1.81. The smallest absolute Gasteiger partial charge is 0.221 e. The largest absolute Gasteiger partial charge is 0.458 e. The molecule has 2 aromatic heterocycles. The van der Waals surface area contributed by atoms with Crippen LogP contribution in [-0.2, 0) is 7.05 Å². The predicted molar refractivity (Wildman–Crippen MR) is 71.7 cm³/mol. The highest BCUT2D eigenvalue weighted by atomic mass is 16.3. The monoisotopic (exact) mass is 254 g/mol. The summed E-state index contributed by atoms with van der Waals surface area (Å²) in [5, 5.41) is 8.94. The minimum absolute atomic E-state index is 0.185. The van der Waals surface area contributed by atoms with Crippen LogP contribution in [0.3, 0.4) is 0 Å². The van der Waals surface area contributed by atoms with E-state index in [4.69, 9.17) is 9.68 Å². The van der Waals surface area contributed by atoms with Crippen LogP contribution in [0, 0.1) is 25.2 Å². The predicted octanol–water partition coefficient (Wildman–Crippen LogP) is 3.00. The number of furan rings is 1. The Kier molecular flexibility index (Phi) is 3.39. The van der Waals surface area contributed by atoms with Crippen molar-refractivity contribution in [3.05, 3.63) is 52.7 Å². The molecule has 0 radical (unpaired) electrons. The molecular formula is C15H14N2O2. The third-order valence-electron chi connectivity index (χ3n) is 3.09. The zero-order chi connectivity index (χ0) is 14.0. The molecule has 0 saturated carbocycles. The van der Waals surface area contributed by atoms with Crippen molar-refractivity contribution in [2.24, 2.45) is 7.05 Å². The molecular weight excluding hydrogens is 240 g/mol. The second-order valence-electron chi connectivity index (χ2n) is 4.35. The van der Waals surface area contributed by atoms with E-state index in [0.29, 0.717) is 17.2 Å². The normalized spacial score (nSPS) is 10.8. The molecule has 0 aliphatic carbocycles. The van der Waals surface area contributed by atoms with E-state index < -0.39 is 0 Å². The Balaban J connectivity index is 2.24. The Morgan fingerprint density at radius 1 is 1.42 bits per heavy atom. The van der Waals surface area contributed by atoms with Gasteiger partial charge in [0.1, 0.15) is 17.5 Å². The number of aryl methyl sites for hydroxylation is 1. The van der Waals surface area contributed by atoms with Gasteiger partial charge >= 0.3 is 0 Å². The Morgan fingerprint density at radius 2 is 2.16 bits per heavy atom. The zero-order valence-corrected chi connectivity index (χ0v) is 11.1. The van der Waals surface area contributed by atoms with Gasteiger partial charge in [0.15, 0.2) is 5.76 Å². The first kappa shape index (κ1) is 12.9. The maximum Gasteiger partial charge on any atom is 0.221 e. The van der Waals surface area contributed by atoms with Gasteiger partial charge in [-0.2, -0.15) is 5.26 Å². The van der Waals surface area contributed by atoms with Gasteiger partial charge in [0.05, 0.1) is 0 Å². The average Bonchev–Trinajstić information content (AvgIpc) is 2.94. The lowest BCUT2D eigenvalue weighted by Gasteiger charge is -1.97. The van der Waals surface area contributed by atoms with Crippen molar-refractivity contribution in [1.29, 1.82) is 5.26 Å². The van der Waals surface area contributed by atoms with Crippen molar-refractivity contribution in [1.82, 2.24) is 4.57 Å². The highest BCUT2D eigenvalue weighted by Gasteiger charge is 2.09. The van der Waals surface area contributed by atoms with Crippen LogP contribution < -0.4 is 0 Å². The molecule has 0 fully saturated rings. The van der Waals surface area contributed by atoms with Crippen molar-refractivity contribution in [3.63, 3.8) is 0 Å². The van der Waals surface area contributed by atoms with Crippen molar-refractivity contribution in [2.75, 3.05) is 0 Å². The first-order chi connectivity index (χ1) is 9.02. The minimum Gasteiger partial charge on any atom is -0.458 e. The Bertz CT molecular complexity index is 696. The first-order valence-electron chi connectivity index (χ1n) is 5.88. The summed E-state index contributed by atoms with van der Waals surface area (Å²) in [6.45, 7) is 3.70. The summed E-state index contributed by atoms with van der Waals surface area (Å²) >= 11 is 0. The van der Waals surface area contributed by atoms with E-state index in [2.05, 4.69) is 6.07 Å². The molecule has 4 heteroatoms. The topological polar surface area (TPSA) is 58.9 Å². The molecule has 4 nitrogen and oxygen atoms in total. The third-order valence-corrected chi connectivity index (χ3v) is 3.09. The van der Waals surface area contributed by atoms with Crippen molar-refractivity contribution < 1.29 is 9.21 Å². The SMILES string of the molecule is Cc1ccc(C(=O)/C=C/c2cc(C#N)n(C)c2C)o1. The molecule has 96 valence electrons. The summed E-state index contributed by atoms with van der Waals surface area (Å²) in [5.41, 5.74) is 2.37. The van der Waals surface area contributed by atoms with Gasteiger partial charge < -0.3 is 8.98 Å². The van der Waals surface area contributed by atoms with E-state index in [1.807, 2.05) is 14.0 Å². The fraction of sp³-hybridized carbons (Fsp3) is 0.200. The molecule has 0 bridgehead atoms. The second kappa shape index (κ2) is 4.99. The van der Waals surface area contributed by atoms with Gasteiger partial charge in [-0.1, -0.05) is 0 Å². The van der Waals surface area contributed by atoms with E-state index in [0.717, 1.165) is 11.3 Å². The molecule has 19 heavy (non-hydrogen) atoms. The first-order valence-corrected chi connectivity index (χ1v) is 5.88. The third kappa shape index (κ3) is 2.50. The number of rotatable bonds is 3. The van der Waals surface area contributed by atoms with Gasteiger partial charge in [-0.15, -0.1) is 0 Å². The molecule has 0 saturated heterocycles. The number of carbonyl (C=O) groups excluding carboxylic acids is 1. The Morgan fingerprint density at radius 3 is 2.68 bits per heavy atom. The summed E-state index contributed by atoms with van der Waals surface area (Å²) in [7, 11) is 1.82. The quantitative estimate of drug-likeness (QED) is 0.625. The van der Waals surface area contributed by atoms with Crippen LogP contribution >= 0.6 is 0 Å². The van der Waals surface area contributed by atoms with Crippen LogP contribution in [0.25, 0.3) is 6.08 Å². The molecule has 0 N–H and O–H groups in total. The number of nitriles is 1. The molecule has 2 rings (SSSR count). The van der Waals surface area contributed by atoms with Gasteiger partial charge in [0.25, 0.3) is 0 Å². The molecule has 0 aromatic carbocycles. The molecule has 2 heterocycles. The lowest BCUT2D eigenvalue weighted by Crippen LogP contribution is -1.94. The van der Waals surface area contributed by atoms with E-state index >= 15 is 0 Å². The van der Waals surface area contributed by atoms with Crippen LogP contribution in [-0.4, -0.2) is 10.4 Å². The average molecular weight is 254 g/mol. The highest BCUT2D eigenvalue weighted by molar-refractivity contribution is 6.05. The fourth-order valence-corrected chi connectivity index (χ4v) is 1.81. The van der Waals surface area contributed by atoms with Gasteiger partial charge in [-0.25, -0.2) is 0 Å².